The Kier molecular flexibility index (Phi) is 5.53. The maximum atomic E-state index is 13.8. The minimum absolute atomic E-state index is 0.192. The number of β-amino-alcohol motifs (C(OH)–C–C–N with tert-alkyl or cyclic N) is 1. The van der Waals surface area contributed by atoms with Gasteiger partial charge in [0, 0.05) is 53.6 Å². The van der Waals surface area contributed by atoms with Crippen LogP contribution in [-0.4, -0.2) is 54.2 Å². The number of piperazine rings is 1. The van der Waals surface area contributed by atoms with E-state index in [0.717, 1.165) is 54.0 Å². The van der Waals surface area contributed by atoms with Crippen LogP contribution in [-0.2, 0) is 6.42 Å². The largest absolute Gasteiger partial charge is 0.395 e. The van der Waals surface area contributed by atoms with Crippen molar-refractivity contribution in [3.05, 3.63) is 58.4 Å². The molecule has 0 radical (unpaired) electrons. The van der Waals surface area contributed by atoms with Gasteiger partial charge in [0.15, 0.2) is 0 Å². The van der Waals surface area contributed by atoms with Crippen LogP contribution in [0.2, 0.25) is 5.02 Å². The number of hydrogen-bond donors (Lipinski definition) is 1. The van der Waals surface area contributed by atoms with Crippen molar-refractivity contribution in [1.29, 1.82) is 0 Å². The van der Waals surface area contributed by atoms with Crippen LogP contribution in [0.3, 0.4) is 0 Å². The van der Waals surface area contributed by atoms with Gasteiger partial charge in [-0.05, 0) is 47.9 Å². The molecule has 2 aliphatic rings. The second kappa shape index (κ2) is 7.87. The van der Waals surface area contributed by atoms with Crippen molar-refractivity contribution >= 4 is 23.4 Å². The standard InChI is InChI=1S/C20H22ClFN2OS/c21-15-2-4-19-17(12-15)18(24-7-5-23(6-8-24)9-10-25)11-14-1-3-16(22)13-20(14)26-19/h1-4,12-13,18,25H,5-11H2/t18-/m0/s1. The fourth-order valence-corrected chi connectivity index (χ4v) is 5.19. The molecule has 1 atom stereocenters. The Morgan fingerprint density at radius 1 is 1.08 bits per heavy atom. The molecule has 1 fully saturated rings. The van der Waals surface area contributed by atoms with Gasteiger partial charge in [0.2, 0.25) is 0 Å². The van der Waals surface area contributed by atoms with E-state index in [9.17, 15) is 4.39 Å². The monoisotopic (exact) mass is 392 g/mol. The Morgan fingerprint density at radius 3 is 2.65 bits per heavy atom. The topological polar surface area (TPSA) is 26.7 Å². The third-order valence-corrected chi connectivity index (χ3v) is 6.68. The van der Waals surface area contributed by atoms with E-state index < -0.39 is 0 Å². The summed E-state index contributed by atoms with van der Waals surface area (Å²) in [4.78, 5) is 6.95. The quantitative estimate of drug-likeness (QED) is 0.858. The number of aliphatic hydroxyl groups is 1. The summed E-state index contributed by atoms with van der Waals surface area (Å²) in [5, 5.41) is 9.90. The summed E-state index contributed by atoms with van der Waals surface area (Å²) in [6.07, 6.45) is 0.857. The van der Waals surface area contributed by atoms with E-state index in [1.807, 2.05) is 12.1 Å². The Hall–Kier alpha value is -1.11. The Balaban J connectivity index is 1.67. The molecule has 138 valence electrons. The van der Waals surface area contributed by atoms with E-state index in [2.05, 4.69) is 21.9 Å². The van der Waals surface area contributed by atoms with Crippen LogP contribution >= 0.6 is 23.4 Å². The summed E-state index contributed by atoms with van der Waals surface area (Å²) < 4.78 is 13.8. The molecule has 0 spiro atoms. The Bertz CT molecular complexity index is 795. The van der Waals surface area contributed by atoms with E-state index in [1.54, 1.807) is 23.9 Å². The third-order valence-electron chi connectivity index (χ3n) is 5.26. The van der Waals surface area contributed by atoms with Crippen LogP contribution < -0.4 is 0 Å². The van der Waals surface area contributed by atoms with Crippen molar-refractivity contribution in [2.75, 3.05) is 39.3 Å². The molecule has 4 rings (SSSR count). The zero-order chi connectivity index (χ0) is 18.1. The zero-order valence-electron chi connectivity index (χ0n) is 14.5. The van der Waals surface area contributed by atoms with Gasteiger partial charge in [-0.2, -0.15) is 0 Å². The maximum absolute atomic E-state index is 13.8. The van der Waals surface area contributed by atoms with Crippen LogP contribution in [0.4, 0.5) is 4.39 Å². The molecule has 2 aliphatic heterocycles. The molecule has 3 nitrogen and oxygen atoms in total. The number of rotatable bonds is 3. The number of hydrogen-bond acceptors (Lipinski definition) is 4. The Labute approximate surface area is 162 Å². The van der Waals surface area contributed by atoms with Crippen molar-refractivity contribution in [1.82, 2.24) is 9.80 Å². The zero-order valence-corrected chi connectivity index (χ0v) is 16.1. The predicted molar refractivity (Wildman–Crippen MR) is 104 cm³/mol. The Morgan fingerprint density at radius 2 is 1.88 bits per heavy atom. The highest BCUT2D eigenvalue weighted by atomic mass is 35.5. The van der Waals surface area contributed by atoms with E-state index in [0.29, 0.717) is 0 Å². The fourth-order valence-electron chi connectivity index (χ4n) is 3.87. The molecule has 0 unspecified atom stereocenters. The summed E-state index contributed by atoms with van der Waals surface area (Å²) in [6, 6.07) is 11.4. The summed E-state index contributed by atoms with van der Waals surface area (Å²) in [5.74, 6) is -0.192. The van der Waals surface area contributed by atoms with Gasteiger partial charge in [-0.15, -0.1) is 0 Å². The molecule has 0 bridgehead atoms. The van der Waals surface area contributed by atoms with Crippen LogP contribution in [0.5, 0.6) is 0 Å². The lowest BCUT2D eigenvalue weighted by Crippen LogP contribution is -2.48. The van der Waals surface area contributed by atoms with Crippen molar-refractivity contribution in [2.45, 2.75) is 22.3 Å². The highest BCUT2D eigenvalue weighted by Crippen LogP contribution is 2.44. The molecule has 0 saturated carbocycles. The minimum atomic E-state index is -0.192. The van der Waals surface area contributed by atoms with Gasteiger partial charge in [-0.25, -0.2) is 4.39 Å². The number of aliphatic hydroxyl groups excluding tert-OH is 1. The van der Waals surface area contributed by atoms with Gasteiger partial charge in [0.25, 0.3) is 0 Å². The van der Waals surface area contributed by atoms with Gasteiger partial charge in [-0.1, -0.05) is 29.4 Å². The average molecular weight is 393 g/mol. The SMILES string of the molecule is OCCN1CCN([C@H]2Cc3ccc(F)cc3Sc3ccc(Cl)cc32)CC1. The van der Waals surface area contributed by atoms with Crippen LogP contribution in [0, 0.1) is 5.82 Å². The summed E-state index contributed by atoms with van der Waals surface area (Å²) in [5.41, 5.74) is 2.42. The normalized spacial score (nSPS) is 21.1. The first-order valence-electron chi connectivity index (χ1n) is 8.97. The molecule has 0 amide bonds. The van der Waals surface area contributed by atoms with Gasteiger partial charge >= 0.3 is 0 Å². The molecule has 2 aromatic carbocycles. The first kappa shape index (κ1) is 18.3. The summed E-state index contributed by atoms with van der Waals surface area (Å²) >= 11 is 7.95. The van der Waals surface area contributed by atoms with E-state index >= 15 is 0 Å². The van der Waals surface area contributed by atoms with E-state index in [-0.39, 0.29) is 18.5 Å². The van der Waals surface area contributed by atoms with Crippen molar-refractivity contribution < 1.29 is 9.50 Å². The first-order chi connectivity index (χ1) is 12.6. The lowest BCUT2D eigenvalue weighted by atomic mass is 9.96. The second-order valence-corrected chi connectivity index (χ2v) is 8.38. The van der Waals surface area contributed by atoms with Crippen LogP contribution in [0.15, 0.2) is 46.2 Å². The highest BCUT2D eigenvalue weighted by Gasteiger charge is 2.30. The number of fused-ring (bicyclic) bond motifs is 2. The molecule has 1 saturated heterocycles. The molecular weight excluding hydrogens is 371 g/mol. The lowest BCUT2D eigenvalue weighted by molar-refractivity contribution is 0.0823. The molecule has 0 aliphatic carbocycles. The molecule has 1 N–H and O–H groups in total. The smallest absolute Gasteiger partial charge is 0.124 e. The molecule has 2 heterocycles. The van der Waals surface area contributed by atoms with E-state index in [1.165, 1.54) is 11.1 Å². The fraction of sp³-hybridized carbons (Fsp3) is 0.400. The number of halogens is 2. The van der Waals surface area contributed by atoms with Crippen molar-refractivity contribution in [2.24, 2.45) is 0 Å². The number of nitrogens with zero attached hydrogens (tertiary/aromatic N) is 2. The molecule has 6 heteroatoms. The number of benzene rings is 2. The van der Waals surface area contributed by atoms with Crippen LogP contribution in [0.25, 0.3) is 0 Å². The predicted octanol–water partition coefficient (Wildman–Crippen LogP) is 3.84. The maximum Gasteiger partial charge on any atom is 0.124 e. The molecule has 2 aromatic rings. The lowest BCUT2D eigenvalue weighted by Gasteiger charge is -2.39. The highest BCUT2D eigenvalue weighted by molar-refractivity contribution is 7.99. The first-order valence-corrected chi connectivity index (χ1v) is 10.2. The average Bonchev–Trinajstić information content (AvgIpc) is 2.79. The summed E-state index contributed by atoms with van der Waals surface area (Å²) in [6.45, 7) is 4.76. The van der Waals surface area contributed by atoms with Crippen molar-refractivity contribution in [3.63, 3.8) is 0 Å². The minimum Gasteiger partial charge on any atom is -0.395 e. The molecule has 26 heavy (non-hydrogen) atoms. The molecular formula is C20H22ClFN2OS. The van der Waals surface area contributed by atoms with Crippen LogP contribution in [0.1, 0.15) is 17.2 Å². The van der Waals surface area contributed by atoms with Crippen molar-refractivity contribution in [3.8, 4) is 0 Å². The van der Waals surface area contributed by atoms with Gasteiger partial charge in [-0.3, -0.25) is 9.80 Å². The summed E-state index contributed by atoms with van der Waals surface area (Å²) in [7, 11) is 0. The molecule has 0 aromatic heterocycles. The van der Waals surface area contributed by atoms with Gasteiger partial charge < -0.3 is 5.11 Å². The van der Waals surface area contributed by atoms with E-state index in [4.69, 9.17) is 16.7 Å². The second-order valence-electron chi connectivity index (χ2n) is 6.86. The van der Waals surface area contributed by atoms with Gasteiger partial charge in [0.1, 0.15) is 5.82 Å². The third kappa shape index (κ3) is 3.78. The van der Waals surface area contributed by atoms with Gasteiger partial charge in [0.05, 0.1) is 6.61 Å².